The second kappa shape index (κ2) is 12.2. The number of fused-ring (bicyclic) bond motifs is 2. The highest BCUT2D eigenvalue weighted by atomic mass is 19.1. The Hall–Kier alpha value is -4.04. The molecule has 5 rings (SSSR count). The molecule has 2 amide bonds. The largest absolute Gasteiger partial charge is 0.350 e. The van der Waals surface area contributed by atoms with Crippen molar-refractivity contribution in [3.8, 4) is 0 Å². The van der Waals surface area contributed by atoms with Crippen LogP contribution in [0, 0.1) is 12.7 Å². The Morgan fingerprint density at radius 3 is 2.56 bits per heavy atom. The number of nitrogens with zero attached hydrogens (tertiary/aromatic N) is 4. The van der Waals surface area contributed by atoms with Crippen molar-refractivity contribution in [3.05, 3.63) is 94.7 Å². The molecule has 2 aromatic carbocycles. The first kappa shape index (κ1) is 28.5. The number of hydrogen-bond donors (Lipinski definition) is 1. The van der Waals surface area contributed by atoms with E-state index in [1.54, 1.807) is 35.4 Å². The summed E-state index contributed by atoms with van der Waals surface area (Å²) in [7, 11) is 0. The zero-order valence-electron chi connectivity index (χ0n) is 24.3. The van der Waals surface area contributed by atoms with Crippen LogP contribution >= 0.6 is 0 Å². The van der Waals surface area contributed by atoms with Crippen LogP contribution in [0.4, 0.5) is 10.1 Å². The van der Waals surface area contributed by atoms with E-state index in [1.165, 1.54) is 12.1 Å². The molecule has 0 bridgehead atoms. The lowest BCUT2D eigenvalue weighted by molar-refractivity contribution is 0.0706. The van der Waals surface area contributed by atoms with Gasteiger partial charge in [-0.05, 0) is 81.1 Å². The highest BCUT2D eigenvalue weighted by molar-refractivity contribution is 6.05. The molecule has 0 aliphatic carbocycles. The molecular formula is C33H38FN5O2. The number of carbonyl (C=O) groups excluding carboxylic acids is 2. The Balaban J connectivity index is 1.59. The van der Waals surface area contributed by atoms with Gasteiger partial charge in [0, 0.05) is 55.9 Å². The molecule has 1 aliphatic rings. The standard InChI is InChI=1S/C33H38FN5O2/c1-5-26-27-19-23(4)10-13-28(27)36-31(26)33(41)38-18-17-37(22(2)3)15-8-16-39(32(40)29-9-6-7-14-35-29)30-20-25(34)12-11-24(30)21-38/h6-7,9-14,19-20,22,36H,5,8,15-18,21H2,1-4H3. The van der Waals surface area contributed by atoms with Gasteiger partial charge in [-0.3, -0.25) is 19.5 Å². The molecule has 8 heteroatoms. The average molecular weight is 556 g/mol. The van der Waals surface area contributed by atoms with Crippen LogP contribution in [0.3, 0.4) is 0 Å². The maximum Gasteiger partial charge on any atom is 0.276 e. The molecule has 0 spiro atoms. The summed E-state index contributed by atoms with van der Waals surface area (Å²) in [6.45, 7) is 11.0. The molecule has 0 unspecified atom stereocenters. The summed E-state index contributed by atoms with van der Waals surface area (Å²) in [6, 6.07) is 16.1. The van der Waals surface area contributed by atoms with E-state index in [0.29, 0.717) is 55.1 Å². The van der Waals surface area contributed by atoms with Gasteiger partial charge in [0.1, 0.15) is 17.2 Å². The number of halogens is 1. The molecule has 0 fully saturated rings. The molecule has 41 heavy (non-hydrogen) atoms. The molecule has 3 heterocycles. The number of aromatic nitrogens is 2. The maximum atomic E-state index is 14.7. The van der Waals surface area contributed by atoms with Crippen LogP contribution < -0.4 is 4.90 Å². The third kappa shape index (κ3) is 6.03. The minimum Gasteiger partial charge on any atom is -0.350 e. The zero-order valence-corrected chi connectivity index (χ0v) is 24.3. The van der Waals surface area contributed by atoms with Crippen LogP contribution in [0.2, 0.25) is 0 Å². The van der Waals surface area contributed by atoms with Crippen molar-refractivity contribution in [1.82, 2.24) is 19.8 Å². The number of H-pyrrole nitrogens is 1. The number of aromatic amines is 1. The van der Waals surface area contributed by atoms with E-state index in [9.17, 15) is 14.0 Å². The molecule has 1 aliphatic heterocycles. The van der Waals surface area contributed by atoms with Gasteiger partial charge in [0.15, 0.2) is 0 Å². The van der Waals surface area contributed by atoms with Crippen LogP contribution in [-0.2, 0) is 13.0 Å². The zero-order chi connectivity index (χ0) is 29.1. The second-order valence-electron chi connectivity index (χ2n) is 11.0. The van der Waals surface area contributed by atoms with Crippen molar-refractivity contribution in [2.24, 2.45) is 0 Å². The highest BCUT2D eigenvalue weighted by Gasteiger charge is 2.28. The fraction of sp³-hybridized carbons (Fsp3) is 0.364. The summed E-state index contributed by atoms with van der Waals surface area (Å²) < 4.78 is 14.7. The van der Waals surface area contributed by atoms with Gasteiger partial charge in [0.05, 0.1) is 5.69 Å². The number of benzene rings is 2. The van der Waals surface area contributed by atoms with Gasteiger partial charge in [-0.1, -0.05) is 30.7 Å². The van der Waals surface area contributed by atoms with Gasteiger partial charge < -0.3 is 14.8 Å². The summed E-state index contributed by atoms with van der Waals surface area (Å²) >= 11 is 0. The summed E-state index contributed by atoms with van der Waals surface area (Å²) in [4.78, 5) is 41.5. The number of pyridine rings is 1. The lowest BCUT2D eigenvalue weighted by Crippen LogP contribution is -2.41. The predicted molar refractivity (Wildman–Crippen MR) is 161 cm³/mol. The van der Waals surface area contributed by atoms with E-state index < -0.39 is 5.82 Å². The Bertz CT molecular complexity index is 1550. The first-order valence-corrected chi connectivity index (χ1v) is 14.4. The monoisotopic (exact) mass is 555 g/mol. The topological polar surface area (TPSA) is 72.5 Å². The highest BCUT2D eigenvalue weighted by Crippen LogP contribution is 2.29. The Morgan fingerprint density at radius 1 is 1.00 bits per heavy atom. The van der Waals surface area contributed by atoms with Crippen molar-refractivity contribution in [2.45, 2.75) is 53.1 Å². The van der Waals surface area contributed by atoms with Gasteiger partial charge in [-0.25, -0.2) is 4.39 Å². The number of amides is 2. The van der Waals surface area contributed by atoms with E-state index in [4.69, 9.17) is 0 Å². The summed E-state index contributed by atoms with van der Waals surface area (Å²) in [5.41, 5.74) is 5.14. The van der Waals surface area contributed by atoms with Crippen molar-refractivity contribution in [1.29, 1.82) is 0 Å². The van der Waals surface area contributed by atoms with Crippen molar-refractivity contribution >= 4 is 28.4 Å². The lowest BCUT2D eigenvalue weighted by atomic mass is 10.1. The van der Waals surface area contributed by atoms with Gasteiger partial charge in [-0.2, -0.15) is 0 Å². The van der Waals surface area contributed by atoms with E-state index >= 15 is 0 Å². The third-order valence-corrected chi connectivity index (χ3v) is 7.96. The first-order chi connectivity index (χ1) is 19.8. The Kier molecular flexibility index (Phi) is 8.49. The van der Waals surface area contributed by atoms with Crippen LogP contribution in [0.1, 0.15) is 64.9 Å². The van der Waals surface area contributed by atoms with Crippen molar-refractivity contribution in [3.63, 3.8) is 0 Å². The Labute approximate surface area is 241 Å². The summed E-state index contributed by atoms with van der Waals surface area (Å²) in [5.74, 6) is -0.820. The number of carbonyl (C=O) groups is 2. The average Bonchev–Trinajstić information content (AvgIpc) is 3.32. The number of anilines is 1. The fourth-order valence-electron chi connectivity index (χ4n) is 5.72. The van der Waals surface area contributed by atoms with Gasteiger partial charge in [-0.15, -0.1) is 0 Å². The SMILES string of the molecule is CCc1c(C(=O)N2CCN(C(C)C)CCCN(C(=O)c3ccccn3)c3cc(F)ccc3C2)[nH]c2ccc(C)cc12. The molecule has 2 aromatic heterocycles. The normalized spacial score (nSPS) is 15.2. The van der Waals surface area contributed by atoms with Gasteiger partial charge in [0.25, 0.3) is 11.8 Å². The number of aryl methyl sites for hydroxylation is 2. The van der Waals surface area contributed by atoms with Crippen LogP contribution in [0.5, 0.6) is 0 Å². The number of nitrogens with one attached hydrogen (secondary N) is 1. The minimum absolute atomic E-state index is 0.100. The molecule has 7 nitrogen and oxygen atoms in total. The number of hydrogen-bond acceptors (Lipinski definition) is 4. The van der Waals surface area contributed by atoms with Crippen LogP contribution in [0.15, 0.2) is 60.8 Å². The van der Waals surface area contributed by atoms with E-state index in [0.717, 1.165) is 28.6 Å². The van der Waals surface area contributed by atoms with Crippen LogP contribution in [-0.4, -0.2) is 63.8 Å². The van der Waals surface area contributed by atoms with Gasteiger partial charge in [0.2, 0.25) is 0 Å². The molecule has 0 saturated heterocycles. The minimum atomic E-state index is -0.432. The summed E-state index contributed by atoms with van der Waals surface area (Å²) in [5, 5.41) is 1.06. The predicted octanol–water partition coefficient (Wildman–Crippen LogP) is 5.98. The van der Waals surface area contributed by atoms with Crippen LogP contribution in [0.25, 0.3) is 10.9 Å². The molecule has 4 aromatic rings. The lowest BCUT2D eigenvalue weighted by Gasteiger charge is -2.30. The first-order valence-electron chi connectivity index (χ1n) is 14.4. The fourth-order valence-corrected chi connectivity index (χ4v) is 5.72. The number of rotatable bonds is 4. The van der Waals surface area contributed by atoms with E-state index in [-0.39, 0.29) is 24.4 Å². The molecular weight excluding hydrogens is 517 g/mol. The molecule has 214 valence electrons. The molecule has 0 radical (unpaired) electrons. The maximum absolute atomic E-state index is 14.7. The molecule has 1 N–H and O–H groups in total. The van der Waals surface area contributed by atoms with Crippen molar-refractivity contribution in [2.75, 3.05) is 31.1 Å². The smallest absolute Gasteiger partial charge is 0.276 e. The quantitative estimate of drug-likeness (QED) is 0.337. The third-order valence-electron chi connectivity index (χ3n) is 7.96. The molecule has 0 atom stereocenters. The Morgan fingerprint density at radius 2 is 1.83 bits per heavy atom. The van der Waals surface area contributed by atoms with Crippen molar-refractivity contribution < 1.29 is 14.0 Å². The van der Waals surface area contributed by atoms with E-state index in [2.05, 4.69) is 48.6 Å². The van der Waals surface area contributed by atoms with Gasteiger partial charge >= 0.3 is 0 Å². The molecule has 0 saturated carbocycles. The summed E-state index contributed by atoms with van der Waals surface area (Å²) in [6.07, 6.45) is 2.99. The van der Waals surface area contributed by atoms with E-state index in [1.807, 2.05) is 17.0 Å². The second-order valence-corrected chi connectivity index (χ2v) is 11.0.